The van der Waals surface area contributed by atoms with Gasteiger partial charge in [0, 0.05) is 6.54 Å². The Morgan fingerprint density at radius 2 is 2.00 bits per heavy atom. The van der Waals surface area contributed by atoms with Crippen molar-refractivity contribution in [1.82, 2.24) is 9.80 Å². The van der Waals surface area contributed by atoms with Gasteiger partial charge < -0.3 is 30.5 Å². The van der Waals surface area contributed by atoms with Crippen molar-refractivity contribution in [3.63, 3.8) is 0 Å². The molecule has 0 aromatic carbocycles. The van der Waals surface area contributed by atoms with Gasteiger partial charge in [-0.3, -0.25) is 9.59 Å². The molecule has 1 saturated heterocycles. The zero-order valence-corrected chi connectivity index (χ0v) is 11.2. The number of aliphatic hydroxyl groups is 1. The van der Waals surface area contributed by atoms with Gasteiger partial charge in [-0.25, -0.2) is 4.79 Å². The highest BCUT2D eigenvalue weighted by atomic mass is 16.5. The Morgan fingerprint density at radius 1 is 1.35 bits per heavy atom. The van der Waals surface area contributed by atoms with Crippen LogP contribution in [0.3, 0.4) is 0 Å². The molecular weight excluding hydrogens is 270 g/mol. The van der Waals surface area contributed by atoms with Crippen LogP contribution in [0.2, 0.25) is 0 Å². The molecule has 2 atom stereocenters. The molecule has 1 heterocycles. The Hall–Kier alpha value is -1.87. The van der Waals surface area contributed by atoms with Crippen molar-refractivity contribution in [3.8, 4) is 0 Å². The number of carbonyl (C=O) groups excluding carboxylic acids is 2. The molecular formula is C11H19N3O6. The molecule has 2 unspecified atom stereocenters. The predicted molar refractivity (Wildman–Crippen MR) is 66.8 cm³/mol. The summed E-state index contributed by atoms with van der Waals surface area (Å²) in [5.74, 6) is -2.03. The van der Waals surface area contributed by atoms with Crippen LogP contribution < -0.4 is 5.73 Å². The number of morpholine rings is 1. The first kappa shape index (κ1) is 16.2. The minimum atomic E-state index is -1.24. The van der Waals surface area contributed by atoms with Crippen LogP contribution in [0.15, 0.2) is 0 Å². The van der Waals surface area contributed by atoms with Crippen LogP contribution in [0, 0.1) is 0 Å². The van der Waals surface area contributed by atoms with E-state index in [4.69, 9.17) is 20.7 Å². The molecule has 0 aromatic heterocycles. The topological polar surface area (TPSA) is 133 Å². The molecule has 9 heteroatoms. The standard InChI is InChI=1S/C11H19N3O6/c1-7-2-13(3-8(6-15)20-7)11(19)14(4-9(12)16)5-10(17)18/h7-8,15H,2-6H2,1H3,(H2,12,16)(H,17,18). The zero-order valence-electron chi connectivity index (χ0n) is 11.2. The third-order valence-electron chi connectivity index (χ3n) is 2.74. The zero-order chi connectivity index (χ0) is 15.3. The number of carboxylic acids is 1. The number of nitrogens with zero attached hydrogens (tertiary/aromatic N) is 2. The number of nitrogens with two attached hydrogens (primary N) is 1. The maximum absolute atomic E-state index is 12.2. The largest absolute Gasteiger partial charge is 0.480 e. The molecule has 0 spiro atoms. The van der Waals surface area contributed by atoms with Crippen molar-refractivity contribution in [3.05, 3.63) is 0 Å². The van der Waals surface area contributed by atoms with Gasteiger partial charge in [-0.1, -0.05) is 0 Å². The molecule has 3 amide bonds. The summed E-state index contributed by atoms with van der Waals surface area (Å²) >= 11 is 0. The van der Waals surface area contributed by atoms with E-state index in [1.165, 1.54) is 4.90 Å². The highest BCUT2D eigenvalue weighted by Crippen LogP contribution is 2.13. The number of aliphatic carboxylic acids is 1. The minimum Gasteiger partial charge on any atom is -0.480 e. The number of aliphatic hydroxyl groups excluding tert-OH is 1. The van der Waals surface area contributed by atoms with Crippen molar-refractivity contribution in [1.29, 1.82) is 0 Å². The number of rotatable bonds is 5. The fourth-order valence-corrected chi connectivity index (χ4v) is 2.04. The van der Waals surface area contributed by atoms with Gasteiger partial charge in [-0.2, -0.15) is 0 Å². The SMILES string of the molecule is CC1CN(C(=O)N(CC(N)=O)CC(=O)O)CC(CO)O1. The second-order valence-electron chi connectivity index (χ2n) is 4.65. The summed E-state index contributed by atoms with van der Waals surface area (Å²) in [6.07, 6.45) is -0.812. The monoisotopic (exact) mass is 289 g/mol. The average molecular weight is 289 g/mol. The van der Waals surface area contributed by atoms with Gasteiger partial charge >= 0.3 is 12.0 Å². The number of primary amides is 1. The number of carbonyl (C=O) groups is 3. The maximum Gasteiger partial charge on any atom is 0.323 e. The van der Waals surface area contributed by atoms with Crippen molar-refractivity contribution in [2.24, 2.45) is 5.73 Å². The summed E-state index contributed by atoms with van der Waals surface area (Å²) in [5.41, 5.74) is 5.01. The quantitative estimate of drug-likeness (QED) is 0.539. The van der Waals surface area contributed by atoms with E-state index in [1.807, 2.05) is 0 Å². The molecule has 1 aliphatic rings. The molecule has 1 rings (SSSR count). The second kappa shape index (κ2) is 7.06. The molecule has 20 heavy (non-hydrogen) atoms. The van der Waals surface area contributed by atoms with E-state index >= 15 is 0 Å². The first-order valence-electron chi connectivity index (χ1n) is 6.13. The van der Waals surface area contributed by atoms with Gasteiger partial charge in [0.05, 0.1) is 25.4 Å². The molecule has 0 radical (unpaired) electrons. The van der Waals surface area contributed by atoms with Crippen LogP contribution in [0.4, 0.5) is 4.79 Å². The molecule has 0 bridgehead atoms. The number of ether oxygens (including phenoxy) is 1. The number of carboxylic acid groups (broad SMARTS) is 1. The van der Waals surface area contributed by atoms with Crippen LogP contribution >= 0.6 is 0 Å². The lowest BCUT2D eigenvalue weighted by atomic mass is 10.2. The fourth-order valence-electron chi connectivity index (χ4n) is 2.04. The third-order valence-corrected chi connectivity index (χ3v) is 2.74. The summed E-state index contributed by atoms with van der Waals surface area (Å²) in [5, 5.41) is 17.9. The Bertz CT molecular complexity index is 372. The summed E-state index contributed by atoms with van der Waals surface area (Å²) in [6.45, 7) is 0.789. The summed E-state index contributed by atoms with van der Waals surface area (Å²) in [7, 11) is 0. The fraction of sp³-hybridized carbons (Fsp3) is 0.727. The number of hydrogen-bond acceptors (Lipinski definition) is 5. The molecule has 1 fully saturated rings. The van der Waals surface area contributed by atoms with Crippen molar-refractivity contribution in [2.45, 2.75) is 19.1 Å². The van der Waals surface area contributed by atoms with Crippen LogP contribution in [-0.2, 0) is 14.3 Å². The Balaban J connectivity index is 2.76. The van der Waals surface area contributed by atoms with E-state index in [9.17, 15) is 14.4 Å². The van der Waals surface area contributed by atoms with Crippen molar-refractivity contribution in [2.75, 3.05) is 32.8 Å². The molecule has 9 nitrogen and oxygen atoms in total. The average Bonchev–Trinajstić information content (AvgIpc) is 2.35. The first-order valence-corrected chi connectivity index (χ1v) is 6.13. The minimum absolute atomic E-state index is 0.133. The van der Waals surface area contributed by atoms with E-state index in [2.05, 4.69) is 0 Å². The number of amides is 3. The molecule has 4 N–H and O–H groups in total. The van der Waals surface area contributed by atoms with E-state index in [1.54, 1.807) is 6.92 Å². The van der Waals surface area contributed by atoms with E-state index in [-0.39, 0.29) is 25.8 Å². The van der Waals surface area contributed by atoms with E-state index in [0.29, 0.717) is 0 Å². The highest BCUT2D eigenvalue weighted by Gasteiger charge is 2.31. The summed E-state index contributed by atoms with van der Waals surface area (Å²) in [4.78, 5) is 36.1. The van der Waals surface area contributed by atoms with Crippen molar-refractivity contribution < 1.29 is 29.3 Å². The van der Waals surface area contributed by atoms with Gasteiger partial charge in [-0.05, 0) is 6.92 Å². The van der Waals surface area contributed by atoms with Gasteiger partial charge in [0.2, 0.25) is 5.91 Å². The van der Waals surface area contributed by atoms with Crippen LogP contribution in [0.5, 0.6) is 0 Å². The second-order valence-corrected chi connectivity index (χ2v) is 4.65. The normalized spacial score (nSPS) is 22.4. The lowest BCUT2D eigenvalue weighted by molar-refractivity contribution is -0.138. The van der Waals surface area contributed by atoms with Gasteiger partial charge in [0.25, 0.3) is 0 Å². The Labute approximate surface area is 115 Å². The molecule has 114 valence electrons. The smallest absolute Gasteiger partial charge is 0.323 e. The Kier molecular flexibility index (Phi) is 5.71. The first-order chi connectivity index (χ1) is 9.33. The van der Waals surface area contributed by atoms with Crippen LogP contribution in [0.25, 0.3) is 0 Å². The lowest BCUT2D eigenvalue weighted by Gasteiger charge is -2.38. The van der Waals surface area contributed by atoms with Gasteiger partial charge in [0.1, 0.15) is 13.1 Å². The summed E-state index contributed by atoms with van der Waals surface area (Å²) < 4.78 is 5.39. The molecule has 1 aliphatic heterocycles. The number of hydrogen-bond donors (Lipinski definition) is 3. The van der Waals surface area contributed by atoms with E-state index < -0.39 is 37.1 Å². The number of urea groups is 1. The molecule has 0 saturated carbocycles. The van der Waals surface area contributed by atoms with E-state index in [0.717, 1.165) is 4.90 Å². The Morgan fingerprint density at radius 3 is 2.50 bits per heavy atom. The highest BCUT2D eigenvalue weighted by molar-refractivity contribution is 5.86. The van der Waals surface area contributed by atoms with Crippen LogP contribution in [-0.4, -0.2) is 82.9 Å². The summed E-state index contributed by atoms with van der Waals surface area (Å²) in [6, 6.07) is -0.611. The predicted octanol–water partition coefficient (Wildman–Crippen LogP) is -1.94. The third kappa shape index (κ3) is 4.67. The maximum atomic E-state index is 12.2. The van der Waals surface area contributed by atoms with Crippen molar-refractivity contribution >= 4 is 17.9 Å². The molecule has 0 aromatic rings. The lowest BCUT2D eigenvalue weighted by Crippen LogP contribution is -2.56. The molecule has 0 aliphatic carbocycles. The van der Waals surface area contributed by atoms with Gasteiger partial charge in [-0.15, -0.1) is 0 Å². The van der Waals surface area contributed by atoms with Crippen LogP contribution in [0.1, 0.15) is 6.92 Å². The van der Waals surface area contributed by atoms with Gasteiger partial charge in [0.15, 0.2) is 0 Å².